The third-order valence-corrected chi connectivity index (χ3v) is 5.59. The van der Waals surface area contributed by atoms with Gasteiger partial charge in [-0.05, 0) is 43.7 Å². The predicted octanol–water partition coefficient (Wildman–Crippen LogP) is 3.78. The third-order valence-electron chi connectivity index (χ3n) is 5.59. The van der Waals surface area contributed by atoms with Crippen molar-refractivity contribution >= 4 is 10.9 Å². The highest BCUT2D eigenvalue weighted by Gasteiger charge is 2.22. The molecule has 3 aromatic rings. The number of unbranched alkanes of at least 4 members (excludes halogenated alkanes) is 1. The summed E-state index contributed by atoms with van der Waals surface area (Å²) in [6.07, 6.45) is 11.1. The number of fused-ring (bicyclic) bond motifs is 2. The number of rotatable bonds is 7. The standard InChI is InChI=1S/C22H27N3O2/c23-16(13-15-14-24-20-11-4-3-8-17(15)20)7-5-6-12-25-21(26)18-9-1-2-10-19(18)22(25)27/h1-4,8,11,14,16,24,26-27H,5-7,9-10,12-13,23H2. The fraction of sp³-hybridized carbons (Fsp3) is 0.364. The van der Waals surface area contributed by atoms with Crippen molar-refractivity contribution in [1.82, 2.24) is 9.55 Å². The van der Waals surface area contributed by atoms with Gasteiger partial charge in [0.2, 0.25) is 0 Å². The largest absolute Gasteiger partial charge is 0.494 e. The van der Waals surface area contributed by atoms with Crippen LogP contribution in [-0.2, 0) is 25.8 Å². The normalized spacial score (nSPS) is 14.6. The van der Waals surface area contributed by atoms with E-state index in [1.165, 1.54) is 10.9 Å². The average Bonchev–Trinajstić information content (AvgIpc) is 3.20. The summed E-state index contributed by atoms with van der Waals surface area (Å²) < 4.78 is 1.64. The van der Waals surface area contributed by atoms with Gasteiger partial charge in [-0.3, -0.25) is 4.57 Å². The number of nitrogens with two attached hydrogens (primary N) is 1. The van der Waals surface area contributed by atoms with E-state index in [4.69, 9.17) is 5.73 Å². The maximum absolute atomic E-state index is 10.4. The van der Waals surface area contributed by atoms with Gasteiger partial charge in [-0.15, -0.1) is 0 Å². The number of allylic oxidation sites excluding steroid dienone is 2. The van der Waals surface area contributed by atoms with Gasteiger partial charge in [0.15, 0.2) is 11.8 Å². The molecule has 1 unspecified atom stereocenters. The molecule has 0 radical (unpaired) electrons. The molecule has 0 saturated carbocycles. The second kappa shape index (κ2) is 7.53. The number of hydrogen-bond acceptors (Lipinski definition) is 3. The smallest absolute Gasteiger partial charge is 0.197 e. The molecule has 0 spiro atoms. The molecule has 5 nitrogen and oxygen atoms in total. The molecular formula is C22H27N3O2. The van der Waals surface area contributed by atoms with Gasteiger partial charge in [0.1, 0.15) is 0 Å². The Kier molecular flexibility index (Phi) is 4.94. The Morgan fingerprint density at radius 2 is 1.74 bits per heavy atom. The molecule has 1 aromatic carbocycles. The van der Waals surface area contributed by atoms with Crippen molar-refractivity contribution in [2.24, 2.45) is 5.73 Å². The van der Waals surface area contributed by atoms with Gasteiger partial charge >= 0.3 is 0 Å². The van der Waals surface area contributed by atoms with Crippen molar-refractivity contribution in [2.75, 3.05) is 0 Å². The van der Waals surface area contributed by atoms with E-state index in [9.17, 15) is 10.2 Å². The van der Waals surface area contributed by atoms with Crippen LogP contribution in [0.15, 0.2) is 42.6 Å². The van der Waals surface area contributed by atoms with Crippen LogP contribution in [0.3, 0.4) is 0 Å². The maximum atomic E-state index is 10.4. The number of aromatic hydroxyl groups is 2. The number of nitrogens with zero attached hydrogens (tertiary/aromatic N) is 1. The number of benzene rings is 1. The first kappa shape index (κ1) is 17.7. The molecule has 4 rings (SSSR count). The summed E-state index contributed by atoms with van der Waals surface area (Å²) in [5, 5.41) is 22.0. The van der Waals surface area contributed by atoms with Crippen LogP contribution in [0, 0.1) is 0 Å². The highest BCUT2D eigenvalue weighted by molar-refractivity contribution is 5.83. The molecule has 5 heteroatoms. The minimum Gasteiger partial charge on any atom is -0.494 e. The van der Waals surface area contributed by atoms with E-state index in [-0.39, 0.29) is 17.8 Å². The molecule has 0 fully saturated rings. The summed E-state index contributed by atoms with van der Waals surface area (Å²) in [5.41, 5.74) is 10.5. The van der Waals surface area contributed by atoms with Crippen LogP contribution in [0.5, 0.6) is 11.8 Å². The second-order valence-electron chi connectivity index (χ2n) is 7.46. The molecule has 1 atom stereocenters. The van der Waals surface area contributed by atoms with Crippen LogP contribution in [0.4, 0.5) is 0 Å². The van der Waals surface area contributed by atoms with Crippen LogP contribution >= 0.6 is 0 Å². The Balaban J connectivity index is 1.30. The van der Waals surface area contributed by atoms with Gasteiger partial charge in [0, 0.05) is 40.8 Å². The molecule has 0 amide bonds. The first-order valence-corrected chi connectivity index (χ1v) is 9.73. The fourth-order valence-electron chi connectivity index (χ4n) is 4.10. The van der Waals surface area contributed by atoms with Crippen LogP contribution in [0.2, 0.25) is 0 Å². The van der Waals surface area contributed by atoms with Crippen molar-refractivity contribution in [1.29, 1.82) is 0 Å². The molecule has 0 bridgehead atoms. The van der Waals surface area contributed by atoms with Gasteiger partial charge in [-0.25, -0.2) is 0 Å². The zero-order valence-corrected chi connectivity index (χ0v) is 15.5. The number of hydrogen-bond donors (Lipinski definition) is 4. The Labute approximate surface area is 159 Å². The first-order valence-electron chi connectivity index (χ1n) is 9.73. The maximum Gasteiger partial charge on any atom is 0.197 e. The van der Waals surface area contributed by atoms with E-state index in [0.717, 1.165) is 42.3 Å². The van der Waals surface area contributed by atoms with E-state index < -0.39 is 0 Å². The van der Waals surface area contributed by atoms with Crippen LogP contribution in [0.25, 0.3) is 10.9 Å². The highest BCUT2D eigenvalue weighted by Crippen LogP contribution is 2.37. The highest BCUT2D eigenvalue weighted by atomic mass is 16.3. The van der Waals surface area contributed by atoms with Crippen molar-refractivity contribution in [3.05, 3.63) is 59.3 Å². The average molecular weight is 365 g/mol. The van der Waals surface area contributed by atoms with Crippen molar-refractivity contribution in [2.45, 2.75) is 51.1 Å². The lowest BCUT2D eigenvalue weighted by Crippen LogP contribution is -2.22. The van der Waals surface area contributed by atoms with E-state index >= 15 is 0 Å². The third kappa shape index (κ3) is 3.47. The van der Waals surface area contributed by atoms with Gasteiger partial charge in [-0.2, -0.15) is 0 Å². The number of nitrogens with one attached hydrogen (secondary N) is 1. The zero-order valence-electron chi connectivity index (χ0n) is 15.5. The summed E-state index contributed by atoms with van der Waals surface area (Å²) in [4.78, 5) is 3.30. The van der Waals surface area contributed by atoms with Crippen LogP contribution < -0.4 is 5.73 Å². The summed E-state index contributed by atoms with van der Waals surface area (Å²) in [7, 11) is 0. The number of para-hydroxylation sites is 1. The van der Waals surface area contributed by atoms with E-state index in [0.29, 0.717) is 19.4 Å². The van der Waals surface area contributed by atoms with Gasteiger partial charge in [-0.1, -0.05) is 36.8 Å². The van der Waals surface area contributed by atoms with Crippen molar-refractivity contribution in [3.63, 3.8) is 0 Å². The lowest BCUT2D eigenvalue weighted by molar-refractivity contribution is 0.358. The van der Waals surface area contributed by atoms with E-state index in [2.05, 4.69) is 29.4 Å². The fourth-order valence-corrected chi connectivity index (χ4v) is 4.10. The van der Waals surface area contributed by atoms with Crippen molar-refractivity contribution in [3.8, 4) is 11.8 Å². The number of aromatic amines is 1. The summed E-state index contributed by atoms with van der Waals surface area (Å²) in [6.45, 7) is 0.616. The quantitative estimate of drug-likeness (QED) is 0.380. The monoisotopic (exact) mass is 365 g/mol. The molecule has 5 N–H and O–H groups in total. The molecule has 142 valence electrons. The summed E-state index contributed by atoms with van der Waals surface area (Å²) >= 11 is 0. The first-order chi connectivity index (χ1) is 13.1. The molecule has 0 aliphatic heterocycles. The SMILES string of the molecule is NC(CCCCn1c(O)c2c(c1O)CC=CC2)Cc1c[nH]c2ccccc12. The molecule has 2 aromatic heterocycles. The summed E-state index contributed by atoms with van der Waals surface area (Å²) in [6, 6.07) is 8.39. The van der Waals surface area contributed by atoms with E-state index in [1.54, 1.807) is 4.57 Å². The van der Waals surface area contributed by atoms with Gasteiger partial charge < -0.3 is 20.9 Å². The topological polar surface area (TPSA) is 87.2 Å². The Morgan fingerprint density at radius 3 is 2.48 bits per heavy atom. The molecule has 1 aliphatic rings. The minimum atomic E-state index is 0.105. The molecule has 27 heavy (non-hydrogen) atoms. The molecule has 0 saturated heterocycles. The summed E-state index contributed by atoms with van der Waals surface area (Å²) in [5.74, 6) is 0.435. The van der Waals surface area contributed by atoms with Gasteiger partial charge in [0.25, 0.3) is 0 Å². The van der Waals surface area contributed by atoms with Crippen LogP contribution in [0.1, 0.15) is 36.0 Å². The number of aromatic nitrogens is 2. The molecule has 2 heterocycles. The Morgan fingerprint density at radius 1 is 1.04 bits per heavy atom. The second-order valence-corrected chi connectivity index (χ2v) is 7.46. The Bertz CT molecular complexity index is 936. The Hall–Kier alpha value is -2.66. The predicted molar refractivity (Wildman–Crippen MR) is 108 cm³/mol. The van der Waals surface area contributed by atoms with Crippen molar-refractivity contribution < 1.29 is 10.2 Å². The number of H-pyrrole nitrogens is 1. The molecular weight excluding hydrogens is 338 g/mol. The minimum absolute atomic E-state index is 0.105. The lowest BCUT2D eigenvalue weighted by Gasteiger charge is -2.12. The molecule has 1 aliphatic carbocycles. The zero-order chi connectivity index (χ0) is 18.8. The lowest BCUT2D eigenvalue weighted by atomic mass is 10.0. The van der Waals surface area contributed by atoms with Crippen LogP contribution in [-0.4, -0.2) is 25.8 Å². The van der Waals surface area contributed by atoms with E-state index in [1.807, 2.05) is 18.2 Å². The van der Waals surface area contributed by atoms with Gasteiger partial charge in [0.05, 0.1) is 0 Å².